The average Bonchev–Trinajstić information content (AvgIpc) is 3.05. The zero-order valence-corrected chi connectivity index (χ0v) is 15.2. The summed E-state index contributed by atoms with van der Waals surface area (Å²) in [5, 5.41) is 2.40. The van der Waals surface area contributed by atoms with Crippen LogP contribution in [0.2, 0.25) is 0 Å². The van der Waals surface area contributed by atoms with Gasteiger partial charge in [0.05, 0.1) is 32.0 Å². The van der Waals surface area contributed by atoms with Gasteiger partial charge in [0.2, 0.25) is 0 Å². The molecule has 0 spiro atoms. The topological polar surface area (TPSA) is 70.4 Å². The highest BCUT2D eigenvalue weighted by molar-refractivity contribution is 7.17. The number of hydrogen-bond acceptors (Lipinski definition) is 6. The van der Waals surface area contributed by atoms with Gasteiger partial charge in [-0.05, 0) is 31.5 Å². The molecular formula is C18H18N2O4S. The van der Waals surface area contributed by atoms with Crippen molar-refractivity contribution in [2.24, 2.45) is 0 Å². The normalized spacial score (nSPS) is 12.2. The van der Waals surface area contributed by atoms with Crippen molar-refractivity contribution in [3.63, 3.8) is 0 Å². The first-order valence-electron chi connectivity index (χ1n) is 7.69. The molecule has 0 aliphatic heterocycles. The molecule has 2 aromatic heterocycles. The first-order chi connectivity index (χ1) is 12.0. The molecule has 1 atom stereocenters. The van der Waals surface area contributed by atoms with Gasteiger partial charge in [-0.25, -0.2) is 4.98 Å². The van der Waals surface area contributed by atoms with Crippen LogP contribution in [0.25, 0.3) is 21.3 Å². The van der Waals surface area contributed by atoms with Crippen molar-refractivity contribution in [2.45, 2.75) is 19.9 Å². The Morgan fingerprint density at radius 3 is 2.60 bits per heavy atom. The number of ether oxygens (including phenoxy) is 2. The minimum atomic E-state index is -0.553. The molecule has 0 unspecified atom stereocenters. The molecule has 1 aromatic carbocycles. The molecule has 0 amide bonds. The number of carbonyl (C=O) groups excluding carboxylic acids is 1. The van der Waals surface area contributed by atoms with E-state index in [9.17, 15) is 9.59 Å². The fourth-order valence-corrected chi connectivity index (χ4v) is 3.54. The van der Waals surface area contributed by atoms with Crippen LogP contribution in [0.1, 0.15) is 19.9 Å². The van der Waals surface area contributed by atoms with Crippen molar-refractivity contribution in [1.82, 2.24) is 9.55 Å². The van der Waals surface area contributed by atoms with E-state index in [1.165, 1.54) is 29.2 Å². The summed E-state index contributed by atoms with van der Waals surface area (Å²) in [5.41, 5.74) is 1.37. The van der Waals surface area contributed by atoms with Crippen molar-refractivity contribution in [3.8, 4) is 22.6 Å². The Labute approximate surface area is 148 Å². The van der Waals surface area contributed by atoms with Crippen LogP contribution in [0.4, 0.5) is 0 Å². The Morgan fingerprint density at radius 2 is 1.96 bits per heavy atom. The standard InChI is InChI=1S/C18H18N2O4S/c1-10(11(2)21)20-9-19-17-16(18(20)22)13(8-25-17)12-5-6-14(23-3)15(7-12)24-4/h5-10H,1-4H3/t10-/m1/s1. The highest BCUT2D eigenvalue weighted by Gasteiger charge is 2.18. The minimum Gasteiger partial charge on any atom is -0.493 e. The maximum Gasteiger partial charge on any atom is 0.263 e. The van der Waals surface area contributed by atoms with E-state index in [0.717, 1.165) is 11.1 Å². The van der Waals surface area contributed by atoms with Gasteiger partial charge in [0.25, 0.3) is 5.56 Å². The molecule has 0 saturated carbocycles. The third-order valence-electron chi connectivity index (χ3n) is 4.22. The highest BCUT2D eigenvalue weighted by atomic mass is 32.1. The lowest BCUT2D eigenvalue weighted by Gasteiger charge is -2.12. The second-order valence-electron chi connectivity index (χ2n) is 5.64. The van der Waals surface area contributed by atoms with Crippen LogP contribution in [0, 0.1) is 0 Å². The summed E-state index contributed by atoms with van der Waals surface area (Å²) in [6, 6.07) is 4.94. The number of Topliss-reactive ketones (excluding diaryl/α,β-unsaturated/α-hetero) is 1. The van der Waals surface area contributed by atoms with E-state index in [1.807, 2.05) is 17.5 Å². The van der Waals surface area contributed by atoms with Crippen LogP contribution in [0.3, 0.4) is 0 Å². The zero-order valence-electron chi connectivity index (χ0n) is 14.4. The van der Waals surface area contributed by atoms with Gasteiger partial charge >= 0.3 is 0 Å². The number of fused-ring (bicyclic) bond motifs is 1. The molecule has 0 saturated heterocycles. The van der Waals surface area contributed by atoms with Gasteiger partial charge in [0, 0.05) is 10.9 Å². The smallest absolute Gasteiger partial charge is 0.263 e. The first kappa shape index (κ1) is 17.2. The SMILES string of the molecule is COc1ccc(-c2csc3ncn([C@H](C)C(C)=O)c(=O)c23)cc1OC. The number of aromatic nitrogens is 2. The van der Waals surface area contributed by atoms with Gasteiger partial charge in [-0.3, -0.25) is 14.2 Å². The molecule has 2 heterocycles. The van der Waals surface area contributed by atoms with Crippen molar-refractivity contribution in [3.05, 3.63) is 40.3 Å². The lowest BCUT2D eigenvalue weighted by Crippen LogP contribution is -2.27. The molecule has 0 radical (unpaired) electrons. The van der Waals surface area contributed by atoms with Crippen LogP contribution in [0.5, 0.6) is 11.5 Å². The van der Waals surface area contributed by atoms with Gasteiger partial charge in [0.1, 0.15) is 4.83 Å². The molecular weight excluding hydrogens is 340 g/mol. The number of nitrogens with zero attached hydrogens (tertiary/aromatic N) is 2. The van der Waals surface area contributed by atoms with E-state index in [2.05, 4.69) is 4.98 Å². The molecule has 25 heavy (non-hydrogen) atoms. The Morgan fingerprint density at radius 1 is 1.24 bits per heavy atom. The number of carbonyl (C=O) groups is 1. The third kappa shape index (κ3) is 2.91. The number of ketones is 1. The van der Waals surface area contributed by atoms with Crippen molar-refractivity contribution < 1.29 is 14.3 Å². The number of hydrogen-bond donors (Lipinski definition) is 0. The molecule has 0 aliphatic rings. The van der Waals surface area contributed by atoms with Crippen LogP contribution in [-0.4, -0.2) is 29.6 Å². The van der Waals surface area contributed by atoms with Gasteiger partial charge in [-0.2, -0.15) is 0 Å². The minimum absolute atomic E-state index is 0.0915. The van der Waals surface area contributed by atoms with Gasteiger partial charge in [-0.15, -0.1) is 11.3 Å². The number of methoxy groups -OCH3 is 2. The van der Waals surface area contributed by atoms with E-state index in [1.54, 1.807) is 27.2 Å². The fraction of sp³-hybridized carbons (Fsp3) is 0.278. The fourth-order valence-electron chi connectivity index (χ4n) is 2.63. The van der Waals surface area contributed by atoms with Crippen molar-refractivity contribution in [2.75, 3.05) is 14.2 Å². The zero-order chi connectivity index (χ0) is 18.1. The van der Waals surface area contributed by atoms with Crippen molar-refractivity contribution in [1.29, 1.82) is 0 Å². The predicted octanol–water partition coefficient (Wildman–Crippen LogP) is 3.29. The number of rotatable bonds is 5. The molecule has 3 rings (SSSR count). The molecule has 3 aromatic rings. The molecule has 0 N–H and O–H groups in total. The maximum absolute atomic E-state index is 12.9. The average molecular weight is 358 g/mol. The summed E-state index contributed by atoms with van der Waals surface area (Å²) in [6.07, 6.45) is 1.44. The quantitative estimate of drug-likeness (QED) is 0.700. The van der Waals surface area contributed by atoms with E-state index in [-0.39, 0.29) is 11.3 Å². The van der Waals surface area contributed by atoms with Crippen LogP contribution in [-0.2, 0) is 4.79 Å². The third-order valence-corrected chi connectivity index (χ3v) is 5.11. The summed E-state index contributed by atoms with van der Waals surface area (Å²) < 4.78 is 12.0. The first-order valence-corrected chi connectivity index (χ1v) is 8.57. The second kappa shape index (κ2) is 6.68. The van der Waals surface area contributed by atoms with E-state index < -0.39 is 6.04 Å². The van der Waals surface area contributed by atoms with Crippen molar-refractivity contribution >= 4 is 27.3 Å². The largest absolute Gasteiger partial charge is 0.493 e. The molecule has 7 heteroatoms. The van der Waals surface area contributed by atoms with E-state index in [4.69, 9.17) is 9.47 Å². The second-order valence-corrected chi connectivity index (χ2v) is 6.50. The molecule has 130 valence electrons. The van der Waals surface area contributed by atoms with Crippen LogP contribution >= 0.6 is 11.3 Å². The summed E-state index contributed by atoms with van der Waals surface area (Å²) >= 11 is 1.39. The Kier molecular flexibility index (Phi) is 4.59. The van der Waals surface area contributed by atoms with Gasteiger partial charge < -0.3 is 9.47 Å². The molecule has 6 nitrogen and oxygen atoms in total. The van der Waals surface area contributed by atoms with Gasteiger partial charge in [0.15, 0.2) is 17.3 Å². The Balaban J connectivity index is 2.23. The maximum atomic E-state index is 12.9. The summed E-state index contributed by atoms with van der Waals surface area (Å²) in [7, 11) is 3.14. The summed E-state index contributed by atoms with van der Waals surface area (Å²) in [6.45, 7) is 3.16. The number of benzene rings is 1. The number of thiophene rings is 1. The van der Waals surface area contributed by atoms with Crippen LogP contribution in [0.15, 0.2) is 34.7 Å². The van der Waals surface area contributed by atoms with Crippen LogP contribution < -0.4 is 15.0 Å². The molecule has 0 bridgehead atoms. The summed E-state index contributed by atoms with van der Waals surface area (Å²) in [5.74, 6) is 1.11. The van der Waals surface area contributed by atoms with E-state index >= 15 is 0 Å². The molecule has 0 aliphatic carbocycles. The lowest BCUT2D eigenvalue weighted by molar-refractivity contribution is -0.119. The van der Waals surface area contributed by atoms with E-state index in [0.29, 0.717) is 21.7 Å². The Bertz CT molecular complexity index is 1010. The summed E-state index contributed by atoms with van der Waals surface area (Å²) in [4.78, 5) is 29.6. The predicted molar refractivity (Wildman–Crippen MR) is 97.8 cm³/mol. The lowest BCUT2D eigenvalue weighted by atomic mass is 10.1. The monoisotopic (exact) mass is 358 g/mol. The van der Waals surface area contributed by atoms with Gasteiger partial charge in [-0.1, -0.05) is 6.07 Å². The Hall–Kier alpha value is -2.67. The highest BCUT2D eigenvalue weighted by Crippen LogP contribution is 2.36. The molecule has 0 fully saturated rings.